The average Bonchev–Trinajstić information content (AvgIpc) is 3.81. The van der Waals surface area contributed by atoms with Crippen molar-refractivity contribution in [3.63, 3.8) is 0 Å². The fourth-order valence-electron chi connectivity index (χ4n) is 11.7. The van der Waals surface area contributed by atoms with Crippen LogP contribution in [0.1, 0.15) is 74.9 Å². The Morgan fingerprint density at radius 2 is 0.631 bits per heavy atom. The van der Waals surface area contributed by atoms with Crippen LogP contribution in [0.3, 0.4) is 0 Å². The summed E-state index contributed by atoms with van der Waals surface area (Å²) in [5, 5.41) is 5.05. The normalized spacial score (nSPS) is 15.3. The Bertz CT molecular complexity index is 3690. The monoisotopic (exact) mass is 832 g/mol. The fraction of sp³-hybridized carbons (Fsp3) is 0.143. The van der Waals surface area contributed by atoms with E-state index in [1.165, 1.54) is 116 Å². The van der Waals surface area contributed by atoms with Crippen molar-refractivity contribution in [1.29, 1.82) is 0 Å². The first-order valence-electron chi connectivity index (χ1n) is 23.0. The van der Waals surface area contributed by atoms with Crippen molar-refractivity contribution >= 4 is 21.5 Å². The van der Waals surface area contributed by atoms with Gasteiger partial charge in [0.15, 0.2) is 0 Å². The van der Waals surface area contributed by atoms with Crippen molar-refractivity contribution in [2.24, 2.45) is 0 Å². The molecule has 0 radical (unpaired) electrons. The zero-order valence-electron chi connectivity index (χ0n) is 37.7. The highest BCUT2D eigenvalue weighted by Gasteiger charge is 2.40. The maximum absolute atomic E-state index is 5.02. The van der Waals surface area contributed by atoms with Gasteiger partial charge in [0.05, 0.1) is 11.4 Å². The van der Waals surface area contributed by atoms with E-state index in [-0.39, 0.29) is 16.2 Å². The molecule has 0 bridgehead atoms. The van der Waals surface area contributed by atoms with E-state index in [0.717, 1.165) is 17.0 Å². The third-order valence-corrected chi connectivity index (χ3v) is 15.5. The highest BCUT2D eigenvalue weighted by atomic mass is 14.8. The van der Waals surface area contributed by atoms with Gasteiger partial charge in [0, 0.05) is 34.2 Å². The molecule has 0 amide bonds. The molecule has 3 aliphatic carbocycles. The van der Waals surface area contributed by atoms with E-state index < -0.39 is 0 Å². The van der Waals surface area contributed by atoms with Crippen molar-refractivity contribution in [1.82, 2.24) is 9.97 Å². The van der Waals surface area contributed by atoms with Crippen LogP contribution in [0, 0.1) is 0 Å². The second-order valence-electron chi connectivity index (χ2n) is 20.3. The summed E-state index contributed by atoms with van der Waals surface area (Å²) < 4.78 is 0. The molecule has 2 heteroatoms. The van der Waals surface area contributed by atoms with Crippen LogP contribution < -0.4 is 0 Å². The van der Waals surface area contributed by atoms with Crippen LogP contribution in [0.25, 0.3) is 99.7 Å². The quantitative estimate of drug-likeness (QED) is 0.177. The number of benzene rings is 8. The molecule has 0 aliphatic heterocycles. The second-order valence-corrected chi connectivity index (χ2v) is 20.3. The molecule has 0 unspecified atom stereocenters. The highest BCUT2D eigenvalue weighted by molar-refractivity contribution is 5.94. The molecule has 2 aromatic heterocycles. The van der Waals surface area contributed by atoms with Crippen molar-refractivity contribution < 1.29 is 0 Å². The third kappa shape index (κ3) is 5.53. The molecular weight excluding hydrogens is 785 g/mol. The third-order valence-electron chi connectivity index (χ3n) is 15.5. The van der Waals surface area contributed by atoms with Crippen molar-refractivity contribution in [3.8, 4) is 78.1 Å². The first kappa shape index (κ1) is 38.1. The maximum Gasteiger partial charge on any atom is 0.0930 e. The molecule has 8 aromatic carbocycles. The van der Waals surface area contributed by atoms with Gasteiger partial charge in [-0.2, -0.15) is 0 Å². The smallest absolute Gasteiger partial charge is 0.0930 e. The van der Waals surface area contributed by atoms with Gasteiger partial charge in [0.2, 0.25) is 0 Å². The largest absolute Gasteiger partial charge is 0.254 e. The summed E-state index contributed by atoms with van der Waals surface area (Å²) in [7, 11) is 0. The van der Waals surface area contributed by atoms with Crippen LogP contribution >= 0.6 is 0 Å². The van der Waals surface area contributed by atoms with Crippen LogP contribution in [0.2, 0.25) is 0 Å². The number of nitrogens with zero attached hydrogens (tertiary/aromatic N) is 2. The average molecular weight is 833 g/mol. The van der Waals surface area contributed by atoms with Crippen LogP contribution in [0.4, 0.5) is 0 Å². The molecule has 0 saturated heterocycles. The molecular formula is C63H48N2. The summed E-state index contributed by atoms with van der Waals surface area (Å²) in [5.41, 5.74) is 24.8. The first-order chi connectivity index (χ1) is 31.4. The molecule has 0 spiro atoms. The summed E-state index contributed by atoms with van der Waals surface area (Å²) in [5.74, 6) is 0. The molecule has 0 fully saturated rings. The Kier molecular flexibility index (Phi) is 7.80. The predicted molar refractivity (Wildman–Crippen MR) is 271 cm³/mol. The lowest BCUT2D eigenvalue weighted by Gasteiger charge is -2.24. The molecule has 0 N–H and O–H groups in total. The summed E-state index contributed by atoms with van der Waals surface area (Å²) in [4.78, 5) is 9.74. The number of pyridine rings is 2. The molecule has 13 rings (SSSR count). The Morgan fingerprint density at radius 3 is 1.12 bits per heavy atom. The van der Waals surface area contributed by atoms with Gasteiger partial charge in [-0.25, -0.2) is 0 Å². The molecule has 310 valence electrons. The number of aromatic nitrogens is 2. The van der Waals surface area contributed by atoms with Crippen LogP contribution in [0.5, 0.6) is 0 Å². The SMILES string of the molecule is CC1(C)c2cc(-c3ccc4c(c3)C(C)(C)c3cc(-c5ccc6cc(-c7ccc8ccccc8c7)ccc6c5)ccc3-4)ccc2-c2ccc(-c3cnc4c(c3)C(C)(C)c3cccnc3-4)cc21. The Morgan fingerprint density at radius 1 is 0.277 bits per heavy atom. The van der Waals surface area contributed by atoms with Gasteiger partial charge in [-0.1, -0.05) is 157 Å². The molecule has 0 atom stereocenters. The molecule has 2 nitrogen and oxygen atoms in total. The van der Waals surface area contributed by atoms with E-state index in [1.54, 1.807) is 0 Å². The van der Waals surface area contributed by atoms with Crippen molar-refractivity contribution in [2.75, 3.05) is 0 Å². The van der Waals surface area contributed by atoms with Gasteiger partial charge in [0.1, 0.15) is 0 Å². The van der Waals surface area contributed by atoms with Gasteiger partial charge < -0.3 is 0 Å². The topological polar surface area (TPSA) is 25.8 Å². The van der Waals surface area contributed by atoms with Gasteiger partial charge in [0.25, 0.3) is 0 Å². The minimum atomic E-state index is -0.162. The standard InChI is InChI=1S/C63H48N2/c1-61(2)53-12-9-27-64-59(53)60-58(61)35-48(36-65-60)47-22-26-52-51-25-21-46(33-56(51)63(5,6)57(52)34-47)45-20-24-50-49-23-19-44(31-54(49)62(3,4)55(50)32-45)43-18-17-41-29-40(15-16-42(41)30-43)39-14-13-37-10-7-8-11-38(37)28-39/h7-36H,1-6H3. The number of rotatable bonds is 4. The van der Waals surface area contributed by atoms with Gasteiger partial charge in [-0.15, -0.1) is 0 Å². The molecule has 2 heterocycles. The fourth-order valence-corrected chi connectivity index (χ4v) is 11.7. The minimum absolute atomic E-state index is 0.146. The Balaban J connectivity index is 0.790. The Hall–Kier alpha value is -7.42. The Labute approximate surface area is 381 Å². The van der Waals surface area contributed by atoms with E-state index >= 15 is 0 Å². The van der Waals surface area contributed by atoms with Crippen molar-refractivity contribution in [3.05, 3.63) is 216 Å². The lowest BCUT2D eigenvalue weighted by atomic mass is 9.79. The predicted octanol–water partition coefficient (Wildman–Crippen LogP) is 16.4. The molecule has 0 saturated carbocycles. The number of hydrogen-bond acceptors (Lipinski definition) is 2. The van der Waals surface area contributed by atoms with E-state index in [2.05, 4.69) is 205 Å². The lowest BCUT2D eigenvalue weighted by molar-refractivity contribution is 0.657. The maximum atomic E-state index is 5.02. The van der Waals surface area contributed by atoms with Crippen LogP contribution in [0.15, 0.2) is 182 Å². The van der Waals surface area contributed by atoms with Crippen molar-refractivity contribution in [2.45, 2.75) is 57.8 Å². The highest BCUT2D eigenvalue weighted by Crippen LogP contribution is 2.54. The molecule has 10 aromatic rings. The van der Waals surface area contributed by atoms with E-state index in [9.17, 15) is 0 Å². The van der Waals surface area contributed by atoms with E-state index in [1.807, 2.05) is 18.5 Å². The zero-order valence-corrected chi connectivity index (χ0v) is 37.7. The second kappa shape index (κ2) is 13.3. The van der Waals surface area contributed by atoms with Gasteiger partial charge >= 0.3 is 0 Å². The summed E-state index contributed by atoms with van der Waals surface area (Å²) in [6.07, 6.45) is 3.91. The zero-order chi connectivity index (χ0) is 44.0. The number of hydrogen-bond donors (Lipinski definition) is 0. The summed E-state index contributed by atoms with van der Waals surface area (Å²) in [6, 6.07) is 64.1. The summed E-state index contributed by atoms with van der Waals surface area (Å²) >= 11 is 0. The van der Waals surface area contributed by atoms with Crippen LogP contribution in [-0.2, 0) is 16.2 Å². The number of fused-ring (bicyclic) bond motifs is 11. The summed E-state index contributed by atoms with van der Waals surface area (Å²) in [6.45, 7) is 14.1. The minimum Gasteiger partial charge on any atom is -0.254 e. The van der Waals surface area contributed by atoms with E-state index in [4.69, 9.17) is 9.97 Å². The molecule has 65 heavy (non-hydrogen) atoms. The van der Waals surface area contributed by atoms with Gasteiger partial charge in [-0.05, 0) is 171 Å². The first-order valence-corrected chi connectivity index (χ1v) is 23.0. The van der Waals surface area contributed by atoms with E-state index in [0.29, 0.717) is 0 Å². The van der Waals surface area contributed by atoms with Crippen LogP contribution in [-0.4, -0.2) is 9.97 Å². The lowest BCUT2D eigenvalue weighted by Crippen LogP contribution is -2.16. The molecule has 3 aliphatic rings. The van der Waals surface area contributed by atoms with Gasteiger partial charge in [-0.3, -0.25) is 9.97 Å².